The van der Waals surface area contributed by atoms with E-state index in [-0.39, 0.29) is 11.8 Å². The SMILES string of the molecule is CCC(=O)N1CCn2c(C3CCOC3)nc(-c3ccc4c(c3)c(-c3cnn(C)c3)nn4C)c2C1.CCC(=O)N1CCn2c(C3CCOC3)nc(-c3ccc4c(c3)c(-c3cnn(C)c3)nn4C)c2C1.CCN(C(C)C)C(C)C.CNC(=O)Cl.Cn1cc(-c2nn(C)c3ccc(-c4nc(C5CCOC5)n5c4CNCC5)cc23)cn1. The van der Waals surface area contributed by atoms with Crippen molar-refractivity contribution in [2.45, 2.75) is 150 Å². The van der Waals surface area contributed by atoms with Crippen molar-refractivity contribution < 1.29 is 28.6 Å². The van der Waals surface area contributed by atoms with E-state index in [0.29, 0.717) is 69.0 Å². The summed E-state index contributed by atoms with van der Waals surface area (Å²) in [4.78, 5) is 56.4. The molecule has 2 N–H and O–H groups in total. The Bertz CT molecular complexity index is 5130. The molecule has 0 bridgehead atoms. The molecular formula is C82H106ClN23O6. The van der Waals surface area contributed by atoms with Crippen LogP contribution >= 0.6 is 11.6 Å². The van der Waals surface area contributed by atoms with Crippen LogP contribution < -0.4 is 10.6 Å². The number of carbonyl (C=O) groups is 3. The number of nitrogens with one attached hydrogen (secondary N) is 2. The topological polar surface area (TPSA) is 273 Å². The number of nitrogens with zero attached hydrogens (tertiary/aromatic N) is 21. The zero-order chi connectivity index (χ0) is 78.8. The molecule has 12 aromatic rings. The first-order chi connectivity index (χ1) is 54.1. The van der Waals surface area contributed by atoms with E-state index in [0.717, 1.165) is 221 Å². The summed E-state index contributed by atoms with van der Waals surface area (Å²) >= 11 is 4.71. The fraction of sp³-hybridized carbons (Fsp3) is 0.488. The average molecular weight is 1550 g/mol. The lowest BCUT2D eigenvalue weighted by molar-refractivity contribution is -0.133. The number of hydrogen-bond acceptors (Lipinski definition) is 17. The van der Waals surface area contributed by atoms with Gasteiger partial charge in [0.05, 0.1) is 102 Å². The number of benzene rings is 3. The third-order valence-electron chi connectivity index (χ3n) is 22.4. The van der Waals surface area contributed by atoms with Gasteiger partial charge in [0.15, 0.2) is 0 Å². The van der Waals surface area contributed by atoms with Gasteiger partial charge in [0.1, 0.15) is 34.6 Å². The van der Waals surface area contributed by atoms with Crippen molar-refractivity contribution in [1.29, 1.82) is 0 Å². The molecule has 3 unspecified atom stereocenters. The van der Waals surface area contributed by atoms with Gasteiger partial charge in [0.2, 0.25) is 11.8 Å². The van der Waals surface area contributed by atoms with Crippen LogP contribution in [0, 0.1) is 0 Å². The molecule has 29 nitrogen and oxygen atoms in total. The van der Waals surface area contributed by atoms with Gasteiger partial charge in [-0.15, -0.1) is 0 Å². The summed E-state index contributed by atoms with van der Waals surface area (Å²) in [6.45, 7) is 27.7. The van der Waals surface area contributed by atoms with E-state index in [1.807, 2.05) is 122 Å². The fourth-order valence-electron chi connectivity index (χ4n) is 16.7. The average Bonchev–Trinajstić information content (AvgIpc) is 1.60. The minimum Gasteiger partial charge on any atom is -0.381 e. The first-order valence-corrected chi connectivity index (χ1v) is 39.8. The van der Waals surface area contributed by atoms with Crippen LogP contribution in [0.15, 0.2) is 91.8 Å². The molecule has 6 aliphatic heterocycles. The maximum Gasteiger partial charge on any atom is 0.313 e. The molecule has 3 atom stereocenters. The molecule has 6 aliphatic rings. The van der Waals surface area contributed by atoms with Gasteiger partial charge in [-0.2, -0.15) is 30.6 Å². The Morgan fingerprint density at radius 1 is 0.500 bits per heavy atom. The lowest BCUT2D eigenvalue weighted by Gasteiger charge is -2.30. The molecule has 18 rings (SSSR count). The predicted molar refractivity (Wildman–Crippen MR) is 433 cm³/mol. The van der Waals surface area contributed by atoms with Gasteiger partial charge in [0.25, 0.3) is 0 Å². The maximum absolute atomic E-state index is 12.5. The highest BCUT2D eigenvalue weighted by atomic mass is 35.5. The van der Waals surface area contributed by atoms with Gasteiger partial charge in [-0.1, -0.05) is 39.0 Å². The highest BCUT2D eigenvalue weighted by Crippen LogP contribution is 2.41. The lowest BCUT2D eigenvalue weighted by atomic mass is 10.0. The van der Waals surface area contributed by atoms with Crippen LogP contribution in [-0.4, -0.2) is 204 Å². The van der Waals surface area contributed by atoms with Gasteiger partial charge in [-0.25, -0.2) is 15.0 Å². The summed E-state index contributed by atoms with van der Waals surface area (Å²) in [5.41, 5.74) is 18.7. The van der Waals surface area contributed by atoms with E-state index in [1.54, 1.807) is 9.36 Å². The third kappa shape index (κ3) is 16.1. The van der Waals surface area contributed by atoms with Gasteiger partial charge >= 0.3 is 5.37 Å². The summed E-state index contributed by atoms with van der Waals surface area (Å²) in [6, 6.07) is 20.8. The molecule has 3 amide bonds. The van der Waals surface area contributed by atoms with E-state index in [4.69, 9.17) is 56.1 Å². The van der Waals surface area contributed by atoms with Crippen LogP contribution in [0.5, 0.6) is 0 Å². The smallest absolute Gasteiger partial charge is 0.313 e. The summed E-state index contributed by atoms with van der Waals surface area (Å²) in [7, 11) is 13.1. The van der Waals surface area contributed by atoms with E-state index >= 15 is 0 Å². The largest absolute Gasteiger partial charge is 0.381 e. The molecule has 15 heterocycles. The van der Waals surface area contributed by atoms with Crippen molar-refractivity contribution in [2.75, 3.05) is 72.9 Å². The Balaban J connectivity index is 0.000000128. The summed E-state index contributed by atoms with van der Waals surface area (Å²) in [6.07, 6.45) is 15.6. The van der Waals surface area contributed by atoms with E-state index in [2.05, 4.69) is 134 Å². The lowest BCUT2D eigenvalue weighted by Crippen LogP contribution is -2.38. The summed E-state index contributed by atoms with van der Waals surface area (Å²) in [5.74, 6) is 4.72. The van der Waals surface area contributed by atoms with Crippen LogP contribution in [0.25, 0.3) is 100 Å². The van der Waals surface area contributed by atoms with Crippen molar-refractivity contribution in [2.24, 2.45) is 42.3 Å². The molecule has 0 spiro atoms. The highest BCUT2D eigenvalue weighted by Gasteiger charge is 2.35. The summed E-state index contributed by atoms with van der Waals surface area (Å²) in [5, 5.41) is 35.7. The molecule has 3 fully saturated rings. The molecule has 3 aromatic carbocycles. The number of halogens is 1. The van der Waals surface area contributed by atoms with Crippen molar-refractivity contribution in [1.82, 2.24) is 113 Å². The van der Waals surface area contributed by atoms with E-state index < -0.39 is 5.37 Å². The molecule has 592 valence electrons. The molecule has 0 saturated carbocycles. The van der Waals surface area contributed by atoms with E-state index in [1.165, 1.54) is 18.6 Å². The first-order valence-electron chi connectivity index (χ1n) is 39.4. The number of imidazole rings is 3. The minimum absolute atomic E-state index is 0.186. The number of aryl methyl sites for hydroxylation is 6. The molecular weight excluding hydrogens is 1440 g/mol. The molecule has 30 heteroatoms. The second kappa shape index (κ2) is 34.0. The van der Waals surface area contributed by atoms with Crippen molar-refractivity contribution in [3.8, 4) is 67.5 Å². The maximum atomic E-state index is 12.5. The Hall–Kier alpha value is -10.2. The number of amides is 3. The molecule has 0 radical (unpaired) electrons. The number of hydrogen-bond donors (Lipinski definition) is 2. The van der Waals surface area contributed by atoms with Gasteiger partial charge < -0.3 is 48.3 Å². The zero-order valence-corrected chi connectivity index (χ0v) is 67.9. The zero-order valence-electron chi connectivity index (χ0n) is 67.1. The van der Waals surface area contributed by atoms with Crippen molar-refractivity contribution in [3.05, 3.63) is 126 Å². The van der Waals surface area contributed by atoms with Gasteiger partial charge in [-0.3, -0.25) is 47.4 Å². The first kappa shape index (κ1) is 78.5. The Kier molecular flexibility index (Phi) is 23.9. The predicted octanol–water partition coefficient (Wildman–Crippen LogP) is 11.3. The Labute approximate surface area is 658 Å². The number of aromatic nitrogens is 18. The molecule has 0 aliphatic carbocycles. The standard InChI is InChI=1S/2C25H29N7O2.C22H25N7O.C8H19N.C2H4ClNO/c2*1-4-22(33)31-8-9-32-21(14-31)24(27-25(32)17-7-10-34-15-17)16-5-6-20-19(11-16)23(28-30(20)3)18-12-26-29(2)13-18;1-27-12-16(10-24-27)20-17-9-14(3-4-18(17)28(2)26-20)21-19-11-23-6-7-29(19)22(25-21)15-5-8-30-13-15;1-6-9(7(2)3)8(4)5;1-4-2(3)5/h2*5-6,11-13,17H,4,7-10,14-15H2,1-3H3;3-4,9-10,12,15,23H,5-8,11,13H2,1-2H3;7-8H,6H2,1-5H3;1H3,(H,4,5). The summed E-state index contributed by atoms with van der Waals surface area (Å²) < 4.78 is 35.3. The number of rotatable bonds is 14. The minimum atomic E-state index is -0.523. The van der Waals surface area contributed by atoms with Crippen LogP contribution in [0.2, 0.25) is 0 Å². The normalized spacial score (nSPS) is 17.3. The third-order valence-corrected chi connectivity index (χ3v) is 22.6. The molecule has 3 saturated heterocycles. The molecule has 112 heavy (non-hydrogen) atoms. The monoisotopic (exact) mass is 1540 g/mol. The molecule has 9 aromatic heterocycles. The van der Waals surface area contributed by atoms with Crippen LogP contribution in [0.3, 0.4) is 0 Å². The second-order valence-electron chi connectivity index (χ2n) is 30.3. The Morgan fingerprint density at radius 2 is 0.848 bits per heavy atom. The quantitative estimate of drug-likeness (QED) is 0.0756. The van der Waals surface area contributed by atoms with E-state index in [9.17, 15) is 14.4 Å². The number of ether oxygens (including phenoxy) is 3. The van der Waals surface area contributed by atoms with Crippen LogP contribution in [-0.2, 0) is 105 Å². The second-order valence-corrected chi connectivity index (χ2v) is 30.7. The van der Waals surface area contributed by atoms with Crippen molar-refractivity contribution in [3.63, 3.8) is 0 Å². The van der Waals surface area contributed by atoms with Gasteiger partial charge in [0, 0.05) is 226 Å². The number of carbonyl (C=O) groups excluding carboxylic acids is 3. The van der Waals surface area contributed by atoms with Gasteiger partial charge in [-0.05, 0) is 102 Å². The van der Waals surface area contributed by atoms with Crippen molar-refractivity contribution >= 4 is 61.5 Å². The van der Waals surface area contributed by atoms with Crippen LogP contribution in [0.4, 0.5) is 4.79 Å². The Morgan fingerprint density at radius 3 is 1.13 bits per heavy atom. The highest BCUT2D eigenvalue weighted by molar-refractivity contribution is 6.62. The van der Waals surface area contributed by atoms with Crippen LogP contribution in [0.1, 0.15) is 133 Å². The number of fused-ring (bicyclic) bond motifs is 6. The fourth-order valence-corrected chi connectivity index (χ4v) is 16.7.